The van der Waals surface area contributed by atoms with E-state index in [-0.39, 0.29) is 11.8 Å². The normalized spacial score (nSPS) is 11.8. The van der Waals surface area contributed by atoms with Crippen molar-refractivity contribution in [3.05, 3.63) is 54.1 Å². The fraction of sp³-hybridized carbons (Fsp3) is 0.278. The van der Waals surface area contributed by atoms with E-state index in [1.807, 2.05) is 43.3 Å². The lowest BCUT2D eigenvalue weighted by Crippen LogP contribution is -2.32. The van der Waals surface area contributed by atoms with Gasteiger partial charge in [-0.15, -0.1) is 0 Å². The van der Waals surface area contributed by atoms with Crippen LogP contribution >= 0.6 is 0 Å². The number of rotatable bonds is 6. The molecule has 22 heavy (non-hydrogen) atoms. The van der Waals surface area contributed by atoms with Gasteiger partial charge >= 0.3 is 0 Å². The van der Waals surface area contributed by atoms with Gasteiger partial charge in [-0.05, 0) is 28.8 Å². The van der Waals surface area contributed by atoms with Crippen molar-refractivity contribution in [1.29, 1.82) is 0 Å². The maximum absolute atomic E-state index is 11.7. The van der Waals surface area contributed by atoms with E-state index in [0.29, 0.717) is 13.1 Å². The molecule has 1 amide bonds. The van der Waals surface area contributed by atoms with Crippen LogP contribution < -0.4 is 15.8 Å². The number of hydrogen-bond acceptors (Lipinski definition) is 3. The third-order valence-corrected chi connectivity index (χ3v) is 3.65. The third kappa shape index (κ3) is 4.09. The second-order valence-corrected chi connectivity index (χ2v) is 5.28. The molecular formula is C18H22N2O2. The Labute approximate surface area is 131 Å². The van der Waals surface area contributed by atoms with Crippen molar-refractivity contribution in [2.24, 2.45) is 11.7 Å². The van der Waals surface area contributed by atoms with Gasteiger partial charge in [-0.1, -0.05) is 43.3 Å². The zero-order chi connectivity index (χ0) is 15.9. The van der Waals surface area contributed by atoms with E-state index in [4.69, 9.17) is 10.5 Å². The summed E-state index contributed by atoms with van der Waals surface area (Å²) < 4.78 is 5.16. The molecule has 0 heterocycles. The first-order chi connectivity index (χ1) is 10.6. The fourth-order valence-corrected chi connectivity index (χ4v) is 2.07. The average Bonchev–Trinajstić information content (AvgIpc) is 2.59. The first kappa shape index (κ1) is 16.0. The summed E-state index contributed by atoms with van der Waals surface area (Å²) in [7, 11) is 1.66. The van der Waals surface area contributed by atoms with Crippen molar-refractivity contribution in [2.75, 3.05) is 13.7 Å². The van der Waals surface area contributed by atoms with Gasteiger partial charge in [0.05, 0.1) is 7.11 Å². The second-order valence-electron chi connectivity index (χ2n) is 5.28. The number of methoxy groups -OCH3 is 1. The molecule has 2 rings (SSSR count). The van der Waals surface area contributed by atoms with Gasteiger partial charge in [0.15, 0.2) is 0 Å². The maximum atomic E-state index is 11.7. The van der Waals surface area contributed by atoms with E-state index in [1.54, 1.807) is 7.11 Å². The number of nitrogens with two attached hydrogens (primary N) is 1. The van der Waals surface area contributed by atoms with Crippen LogP contribution in [-0.4, -0.2) is 19.6 Å². The van der Waals surface area contributed by atoms with Crippen LogP contribution in [0, 0.1) is 5.92 Å². The Hall–Kier alpha value is -2.33. The summed E-state index contributed by atoms with van der Waals surface area (Å²) in [6.45, 7) is 2.70. The SMILES string of the molecule is COc1ccc(-c2ccc(CNC(=O)C(C)CN)cc2)cc1. The molecule has 0 aliphatic heterocycles. The number of benzene rings is 2. The first-order valence-electron chi connectivity index (χ1n) is 7.35. The van der Waals surface area contributed by atoms with Gasteiger partial charge in [0.2, 0.25) is 5.91 Å². The van der Waals surface area contributed by atoms with Crippen LogP contribution in [0.15, 0.2) is 48.5 Å². The van der Waals surface area contributed by atoms with Gasteiger partial charge in [0.25, 0.3) is 0 Å². The summed E-state index contributed by atoms with van der Waals surface area (Å²) in [4.78, 5) is 11.7. The van der Waals surface area contributed by atoms with Crippen LogP contribution in [0.1, 0.15) is 12.5 Å². The van der Waals surface area contributed by atoms with Crippen molar-refractivity contribution in [2.45, 2.75) is 13.5 Å². The summed E-state index contributed by atoms with van der Waals surface area (Å²) in [5, 5.41) is 2.89. The number of carbonyl (C=O) groups is 1. The van der Waals surface area contributed by atoms with Crippen molar-refractivity contribution in [3.63, 3.8) is 0 Å². The molecular weight excluding hydrogens is 276 g/mol. The number of nitrogens with one attached hydrogen (secondary N) is 1. The Morgan fingerprint density at radius 2 is 1.64 bits per heavy atom. The van der Waals surface area contributed by atoms with E-state index >= 15 is 0 Å². The monoisotopic (exact) mass is 298 g/mol. The van der Waals surface area contributed by atoms with E-state index in [2.05, 4.69) is 17.4 Å². The summed E-state index contributed by atoms with van der Waals surface area (Å²) in [6, 6.07) is 16.1. The molecule has 3 N–H and O–H groups in total. The molecule has 4 nitrogen and oxygen atoms in total. The molecule has 0 bridgehead atoms. The summed E-state index contributed by atoms with van der Waals surface area (Å²) in [6.07, 6.45) is 0. The molecule has 0 saturated heterocycles. The molecule has 1 atom stereocenters. The minimum absolute atomic E-state index is 0.0123. The van der Waals surface area contributed by atoms with Crippen LogP contribution in [0.5, 0.6) is 5.75 Å². The average molecular weight is 298 g/mol. The molecule has 0 fully saturated rings. The highest BCUT2D eigenvalue weighted by molar-refractivity contribution is 5.78. The standard InChI is InChI=1S/C18H22N2O2/c1-13(11-19)18(21)20-12-14-3-5-15(6-4-14)16-7-9-17(22-2)10-8-16/h3-10,13H,11-12,19H2,1-2H3,(H,20,21). The molecule has 2 aromatic carbocycles. The van der Waals surface area contributed by atoms with Gasteiger partial charge in [-0.2, -0.15) is 0 Å². The molecule has 116 valence electrons. The molecule has 0 aromatic heterocycles. The Morgan fingerprint density at radius 3 is 2.14 bits per heavy atom. The highest BCUT2D eigenvalue weighted by Crippen LogP contribution is 2.22. The highest BCUT2D eigenvalue weighted by atomic mass is 16.5. The first-order valence-corrected chi connectivity index (χ1v) is 7.35. The maximum Gasteiger partial charge on any atom is 0.224 e. The molecule has 0 aliphatic rings. The van der Waals surface area contributed by atoms with Crippen LogP contribution in [0.4, 0.5) is 0 Å². The van der Waals surface area contributed by atoms with Crippen molar-refractivity contribution >= 4 is 5.91 Å². The minimum Gasteiger partial charge on any atom is -0.497 e. The molecule has 0 spiro atoms. The molecule has 0 aliphatic carbocycles. The Morgan fingerprint density at radius 1 is 1.09 bits per heavy atom. The lowest BCUT2D eigenvalue weighted by Gasteiger charge is -2.10. The number of amides is 1. The van der Waals surface area contributed by atoms with E-state index < -0.39 is 0 Å². The molecule has 2 aromatic rings. The molecule has 1 unspecified atom stereocenters. The van der Waals surface area contributed by atoms with E-state index in [9.17, 15) is 4.79 Å². The van der Waals surface area contributed by atoms with Gasteiger partial charge in [-0.3, -0.25) is 4.79 Å². The van der Waals surface area contributed by atoms with Crippen molar-refractivity contribution in [3.8, 4) is 16.9 Å². The van der Waals surface area contributed by atoms with Crippen molar-refractivity contribution in [1.82, 2.24) is 5.32 Å². The zero-order valence-electron chi connectivity index (χ0n) is 13.0. The number of carbonyl (C=O) groups excluding carboxylic acids is 1. The van der Waals surface area contributed by atoms with Gasteiger partial charge in [-0.25, -0.2) is 0 Å². The summed E-state index contributed by atoms with van der Waals surface area (Å²) in [5.41, 5.74) is 8.81. The van der Waals surface area contributed by atoms with Gasteiger partial charge in [0, 0.05) is 19.0 Å². The molecule has 4 heteroatoms. The Kier molecular flexibility index (Phi) is 5.55. The smallest absolute Gasteiger partial charge is 0.224 e. The number of ether oxygens (including phenoxy) is 1. The summed E-state index contributed by atoms with van der Waals surface area (Å²) in [5.74, 6) is 0.678. The predicted molar refractivity (Wildman–Crippen MR) is 88.5 cm³/mol. The van der Waals surface area contributed by atoms with Crippen LogP contribution in [0.3, 0.4) is 0 Å². The summed E-state index contributed by atoms with van der Waals surface area (Å²) >= 11 is 0. The molecule has 0 saturated carbocycles. The van der Waals surface area contributed by atoms with Crippen LogP contribution in [-0.2, 0) is 11.3 Å². The molecule has 0 radical (unpaired) electrons. The van der Waals surface area contributed by atoms with Crippen molar-refractivity contribution < 1.29 is 9.53 Å². The predicted octanol–water partition coefficient (Wildman–Crippen LogP) is 2.57. The van der Waals surface area contributed by atoms with Crippen LogP contribution in [0.2, 0.25) is 0 Å². The topological polar surface area (TPSA) is 64.3 Å². The van der Waals surface area contributed by atoms with E-state index in [0.717, 1.165) is 22.4 Å². The van der Waals surface area contributed by atoms with Gasteiger partial charge < -0.3 is 15.8 Å². The number of hydrogen-bond donors (Lipinski definition) is 2. The largest absolute Gasteiger partial charge is 0.497 e. The van der Waals surface area contributed by atoms with Gasteiger partial charge in [0.1, 0.15) is 5.75 Å². The Bertz CT molecular complexity index is 606. The lowest BCUT2D eigenvalue weighted by molar-refractivity contribution is -0.124. The Balaban J connectivity index is 1.99. The second kappa shape index (κ2) is 7.61. The zero-order valence-corrected chi connectivity index (χ0v) is 13.0. The quantitative estimate of drug-likeness (QED) is 0.861. The highest BCUT2D eigenvalue weighted by Gasteiger charge is 2.09. The lowest BCUT2D eigenvalue weighted by atomic mass is 10.0. The van der Waals surface area contributed by atoms with Crippen LogP contribution in [0.25, 0.3) is 11.1 Å². The van der Waals surface area contributed by atoms with E-state index in [1.165, 1.54) is 0 Å². The fourth-order valence-electron chi connectivity index (χ4n) is 2.07. The third-order valence-electron chi connectivity index (χ3n) is 3.65. The minimum atomic E-state index is -0.154.